The summed E-state index contributed by atoms with van der Waals surface area (Å²) in [5.41, 5.74) is 0.534. The number of nitrogens with zero attached hydrogens (tertiary/aromatic N) is 2. The molecule has 0 aromatic carbocycles. The molecule has 0 aliphatic rings. The molecule has 98 valence electrons. The molecule has 0 fully saturated rings. The molecule has 0 radical (unpaired) electrons. The van der Waals surface area contributed by atoms with Gasteiger partial charge in [0.05, 0.1) is 18.4 Å². The van der Waals surface area contributed by atoms with Gasteiger partial charge in [-0.3, -0.25) is 0 Å². The molecule has 0 amide bonds. The van der Waals surface area contributed by atoms with Gasteiger partial charge < -0.3 is 9.51 Å². The standard InChI is InChI=1S/C10H14N4O3S/c1-3-9-11-6-10(13-9)18(15,16)12-5-8-4-7(2)17-14-8/h4,6,12H,3,5H2,1-2H3,(H,11,13). The lowest BCUT2D eigenvalue weighted by atomic mass is 10.4. The third-order valence-electron chi connectivity index (χ3n) is 2.35. The SMILES string of the molecule is CCc1ncc(S(=O)(=O)NCc2cc(C)on2)[nH]1. The molecule has 2 aromatic rings. The van der Waals surface area contributed by atoms with Crippen LogP contribution in [0, 0.1) is 6.92 Å². The molecule has 0 unspecified atom stereocenters. The van der Waals surface area contributed by atoms with Gasteiger partial charge in [-0.25, -0.2) is 18.1 Å². The number of hydrogen-bond donors (Lipinski definition) is 2. The van der Waals surface area contributed by atoms with Crippen LogP contribution < -0.4 is 4.72 Å². The fourth-order valence-corrected chi connectivity index (χ4v) is 2.34. The average molecular weight is 270 g/mol. The quantitative estimate of drug-likeness (QED) is 0.834. The molecule has 0 spiro atoms. The molecule has 8 heteroatoms. The summed E-state index contributed by atoms with van der Waals surface area (Å²) in [5, 5.41) is 3.76. The summed E-state index contributed by atoms with van der Waals surface area (Å²) < 4.78 is 31.1. The van der Waals surface area contributed by atoms with Gasteiger partial charge in [-0.1, -0.05) is 12.1 Å². The number of nitrogens with one attached hydrogen (secondary N) is 2. The molecule has 2 rings (SSSR count). The Morgan fingerprint density at radius 3 is 2.83 bits per heavy atom. The molecule has 7 nitrogen and oxygen atoms in total. The van der Waals surface area contributed by atoms with Gasteiger partial charge in [-0.05, 0) is 6.92 Å². The Balaban J connectivity index is 2.07. The van der Waals surface area contributed by atoms with E-state index in [4.69, 9.17) is 4.52 Å². The largest absolute Gasteiger partial charge is 0.361 e. The maximum Gasteiger partial charge on any atom is 0.257 e. The fraction of sp³-hybridized carbons (Fsp3) is 0.400. The second kappa shape index (κ2) is 4.91. The monoisotopic (exact) mass is 270 g/mol. The summed E-state index contributed by atoms with van der Waals surface area (Å²) in [6.45, 7) is 3.72. The summed E-state index contributed by atoms with van der Waals surface area (Å²) >= 11 is 0. The van der Waals surface area contributed by atoms with E-state index in [1.807, 2.05) is 6.92 Å². The lowest BCUT2D eigenvalue weighted by Gasteiger charge is -2.01. The summed E-state index contributed by atoms with van der Waals surface area (Å²) in [4.78, 5) is 6.69. The van der Waals surface area contributed by atoms with E-state index in [0.29, 0.717) is 23.7 Å². The Morgan fingerprint density at radius 2 is 2.28 bits per heavy atom. The normalized spacial score (nSPS) is 11.9. The van der Waals surface area contributed by atoms with Gasteiger partial charge >= 0.3 is 0 Å². The number of sulfonamides is 1. The number of imidazole rings is 1. The van der Waals surface area contributed by atoms with Gasteiger partial charge in [0.2, 0.25) is 0 Å². The van der Waals surface area contributed by atoms with Crippen LogP contribution in [0.4, 0.5) is 0 Å². The summed E-state index contributed by atoms with van der Waals surface area (Å²) in [5.74, 6) is 1.27. The van der Waals surface area contributed by atoms with Crippen LogP contribution in [-0.2, 0) is 23.0 Å². The number of aromatic nitrogens is 3. The van der Waals surface area contributed by atoms with E-state index < -0.39 is 10.0 Å². The Bertz CT molecular complexity index is 629. The first-order chi connectivity index (χ1) is 8.51. The van der Waals surface area contributed by atoms with Crippen molar-refractivity contribution < 1.29 is 12.9 Å². The Labute approximate surface area is 105 Å². The highest BCUT2D eigenvalue weighted by molar-refractivity contribution is 7.89. The molecule has 2 N–H and O–H groups in total. The molecule has 0 saturated heterocycles. The van der Waals surface area contributed by atoms with Crippen LogP contribution in [-0.4, -0.2) is 23.5 Å². The molecule has 2 aromatic heterocycles. The van der Waals surface area contributed by atoms with Gasteiger partial charge in [0.1, 0.15) is 11.6 Å². The molecule has 0 bridgehead atoms. The minimum absolute atomic E-state index is 0.0552. The Morgan fingerprint density at radius 1 is 1.50 bits per heavy atom. The van der Waals surface area contributed by atoms with E-state index in [-0.39, 0.29) is 11.6 Å². The van der Waals surface area contributed by atoms with Crippen LogP contribution in [0.1, 0.15) is 24.2 Å². The maximum absolute atomic E-state index is 11.9. The van der Waals surface area contributed by atoms with E-state index >= 15 is 0 Å². The number of H-pyrrole nitrogens is 1. The fourth-order valence-electron chi connectivity index (χ4n) is 1.41. The van der Waals surface area contributed by atoms with Crippen molar-refractivity contribution in [2.45, 2.75) is 31.8 Å². The van der Waals surface area contributed by atoms with Gasteiger partial charge in [0.25, 0.3) is 10.0 Å². The minimum atomic E-state index is -3.59. The zero-order valence-corrected chi connectivity index (χ0v) is 10.9. The summed E-state index contributed by atoms with van der Waals surface area (Å²) in [7, 11) is -3.59. The van der Waals surface area contributed by atoms with Crippen molar-refractivity contribution in [2.24, 2.45) is 0 Å². The van der Waals surface area contributed by atoms with Crippen LogP contribution in [0.2, 0.25) is 0 Å². The number of hydrogen-bond acceptors (Lipinski definition) is 5. The predicted molar refractivity (Wildman–Crippen MR) is 63.2 cm³/mol. The number of aromatic amines is 1. The highest BCUT2D eigenvalue weighted by Crippen LogP contribution is 2.07. The van der Waals surface area contributed by atoms with E-state index in [2.05, 4.69) is 19.8 Å². The first-order valence-corrected chi connectivity index (χ1v) is 6.95. The van der Waals surface area contributed by atoms with Crippen molar-refractivity contribution in [3.63, 3.8) is 0 Å². The first kappa shape index (κ1) is 12.8. The lowest BCUT2D eigenvalue weighted by Crippen LogP contribution is -2.23. The van der Waals surface area contributed by atoms with E-state index in [0.717, 1.165) is 0 Å². The third-order valence-corrected chi connectivity index (χ3v) is 3.66. The number of aryl methyl sites for hydroxylation is 2. The highest BCUT2D eigenvalue weighted by atomic mass is 32.2. The van der Waals surface area contributed by atoms with Gasteiger partial charge in [0.15, 0.2) is 5.03 Å². The Kier molecular flexibility index (Phi) is 3.48. The lowest BCUT2D eigenvalue weighted by molar-refractivity contribution is 0.390. The van der Waals surface area contributed by atoms with Crippen molar-refractivity contribution in [1.82, 2.24) is 19.8 Å². The second-order valence-electron chi connectivity index (χ2n) is 3.80. The topological polar surface area (TPSA) is 101 Å². The van der Waals surface area contributed by atoms with Crippen molar-refractivity contribution in [3.8, 4) is 0 Å². The van der Waals surface area contributed by atoms with E-state index in [1.54, 1.807) is 13.0 Å². The van der Waals surface area contributed by atoms with Crippen molar-refractivity contribution in [3.05, 3.63) is 29.5 Å². The van der Waals surface area contributed by atoms with Crippen molar-refractivity contribution in [2.75, 3.05) is 0 Å². The van der Waals surface area contributed by atoms with E-state index in [1.165, 1.54) is 6.20 Å². The molecule has 2 heterocycles. The molecular formula is C10H14N4O3S. The van der Waals surface area contributed by atoms with E-state index in [9.17, 15) is 8.42 Å². The molecule has 0 aliphatic carbocycles. The van der Waals surface area contributed by atoms with Crippen LogP contribution >= 0.6 is 0 Å². The summed E-state index contributed by atoms with van der Waals surface area (Å²) in [6, 6.07) is 1.67. The molecular weight excluding hydrogens is 256 g/mol. The Hall–Kier alpha value is -1.67. The van der Waals surface area contributed by atoms with Crippen LogP contribution in [0.15, 0.2) is 21.8 Å². The molecule has 0 saturated carbocycles. The highest BCUT2D eigenvalue weighted by Gasteiger charge is 2.17. The maximum atomic E-state index is 11.9. The first-order valence-electron chi connectivity index (χ1n) is 5.47. The minimum Gasteiger partial charge on any atom is -0.361 e. The molecule has 0 aliphatic heterocycles. The third kappa shape index (κ3) is 2.77. The zero-order valence-electron chi connectivity index (χ0n) is 10.1. The average Bonchev–Trinajstić information content (AvgIpc) is 2.95. The van der Waals surface area contributed by atoms with Gasteiger partial charge in [-0.2, -0.15) is 0 Å². The predicted octanol–water partition coefficient (Wildman–Crippen LogP) is 0.747. The summed E-state index contributed by atoms with van der Waals surface area (Å²) in [6.07, 6.45) is 1.95. The van der Waals surface area contributed by atoms with Crippen molar-refractivity contribution >= 4 is 10.0 Å². The van der Waals surface area contributed by atoms with Crippen LogP contribution in [0.3, 0.4) is 0 Å². The zero-order chi connectivity index (χ0) is 13.2. The second-order valence-corrected chi connectivity index (χ2v) is 5.54. The van der Waals surface area contributed by atoms with Gasteiger partial charge in [0, 0.05) is 12.5 Å². The van der Waals surface area contributed by atoms with Crippen LogP contribution in [0.25, 0.3) is 0 Å². The molecule has 0 atom stereocenters. The van der Waals surface area contributed by atoms with Crippen LogP contribution in [0.5, 0.6) is 0 Å². The number of rotatable bonds is 5. The van der Waals surface area contributed by atoms with Crippen molar-refractivity contribution in [1.29, 1.82) is 0 Å². The van der Waals surface area contributed by atoms with Gasteiger partial charge in [-0.15, -0.1) is 0 Å². The smallest absolute Gasteiger partial charge is 0.257 e. The molecule has 18 heavy (non-hydrogen) atoms.